The Hall–Kier alpha value is -2.57. The molecular weight excluding hydrogens is 346 g/mol. The van der Waals surface area contributed by atoms with Gasteiger partial charge in [0.25, 0.3) is 0 Å². The topological polar surface area (TPSA) is 90.0 Å². The lowest BCUT2D eigenvalue weighted by atomic mass is 9.93. The number of carboxylic acid groups (broad SMARTS) is 1. The number of nitrogens with one attached hydrogen (secondary N) is 1. The third-order valence-corrected chi connectivity index (χ3v) is 5.48. The van der Waals surface area contributed by atoms with E-state index in [1.54, 1.807) is 9.80 Å². The maximum Gasteiger partial charge on any atom is 0.321 e. The number of piperidine rings is 2. The van der Waals surface area contributed by atoms with Gasteiger partial charge in [-0.05, 0) is 50.3 Å². The van der Waals surface area contributed by atoms with Gasteiger partial charge in [0.1, 0.15) is 0 Å². The average Bonchev–Trinajstić information content (AvgIpc) is 2.67. The third-order valence-electron chi connectivity index (χ3n) is 5.48. The second-order valence-corrected chi connectivity index (χ2v) is 7.52. The van der Waals surface area contributed by atoms with Crippen LogP contribution in [0.15, 0.2) is 24.3 Å². The molecular formula is C20H27N3O4. The highest BCUT2D eigenvalue weighted by Crippen LogP contribution is 2.24. The van der Waals surface area contributed by atoms with Gasteiger partial charge in [-0.25, -0.2) is 4.79 Å². The van der Waals surface area contributed by atoms with Gasteiger partial charge in [0, 0.05) is 31.9 Å². The van der Waals surface area contributed by atoms with Gasteiger partial charge in [-0.2, -0.15) is 0 Å². The van der Waals surface area contributed by atoms with E-state index in [0.29, 0.717) is 39.0 Å². The predicted molar refractivity (Wildman–Crippen MR) is 101 cm³/mol. The first-order chi connectivity index (χ1) is 12.9. The normalized spacial score (nSPS) is 21.0. The lowest BCUT2D eigenvalue weighted by Crippen LogP contribution is -2.49. The summed E-state index contributed by atoms with van der Waals surface area (Å²) >= 11 is 0. The van der Waals surface area contributed by atoms with Crippen molar-refractivity contribution in [2.45, 2.75) is 32.6 Å². The summed E-state index contributed by atoms with van der Waals surface area (Å²) in [6.45, 7) is 4.00. The highest BCUT2D eigenvalue weighted by Gasteiger charge is 2.34. The minimum Gasteiger partial charge on any atom is -0.481 e. The molecule has 1 unspecified atom stereocenters. The molecule has 2 aliphatic rings. The summed E-state index contributed by atoms with van der Waals surface area (Å²) in [5, 5.41) is 12.0. The number of likely N-dealkylation sites (tertiary alicyclic amines) is 2. The zero-order valence-corrected chi connectivity index (χ0v) is 15.7. The van der Waals surface area contributed by atoms with Gasteiger partial charge in [-0.15, -0.1) is 0 Å². The van der Waals surface area contributed by atoms with Crippen LogP contribution in [0, 0.1) is 18.8 Å². The van der Waals surface area contributed by atoms with E-state index in [-0.39, 0.29) is 23.8 Å². The molecule has 2 fully saturated rings. The van der Waals surface area contributed by atoms with Crippen molar-refractivity contribution in [2.75, 3.05) is 31.5 Å². The number of hydrogen-bond donors (Lipinski definition) is 2. The van der Waals surface area contributed by atoms with Crippen LogP contribution in [0.25, 0.3) is 0 Å². The van der Waals surface area contributed by atoms with E-state index in [4.69, 9.17) is 5.11 Å². The third kappa shape index (κ3) is 4.78. The molecule has 0 spiro atoms. The van der Waals surface area contributed by atoms with E-state index in [1.165, 1.54) is 0 Å². The number of anilines is 1. The first kappa shape index (κ1) is 19.2. The summed E-state index contributed by atoms with van der Waals surface area (Å²) in [5.74, 6) is -1.29. The number of amides is 3. The largest absolute Gasteiger partial charge is 0.481 e. The van der Waals surface area contributed by atoms with Crippen LogP contribution in [0.3, 0.4) is 0 Å². The molecule has 1 aromatic rings. The molecule has 1 atom stereocenters. The van der Waals surface area contributed by atoms with Gasteiger partial charge in [0.2, 0.25) is 5.91 Å². The minimum atomic E-state index is -0.779. The Bertz CT molecular complexity index is 713. The van der Waals surface area contributed by atoms with Crippen molar-refractivity contribution in [2.24, 2.45) is 11.8 Å². The van der Waals surface area contributed by atoms with Crippen LogP contribution in [-0.2, 0) is 9.59 Å². The van der Waals surface area contributed by atoms with Gasteiger partial charge in [0.05, 0.1) is 11.8 Å². The molecule has 0 radical (unpaired) electrons. The zero-order valence-electron chi connectivity index (χ0n) is 15.7. The molecule has 3 amide bonds. The van der Waals surface area contributed by atoms with Crippen molar-refractivity contribution in [3.05, 3.63) is 29.8 Å². The van der Waals surface area contributed by atoms with Gasteiger partial charge < -0.3 is 20.2 Å². The van der Waals surface area contributed by atoms with E-state index in [1.807, 2.05) is 31.2 Å². The summed E-state index contributed by atoms with van der Waals surface area (Å²) in [5.41, 5.74) is 1.83. The molecule has 146 valence electrons. The van der Waals surface area contributed by atoms with Crippen molar-refractivity contribution < 1.29 is 19.5 Å². The molecule has 0 aliphatic carbocycles. The van der Waals surface area contributed by atoms with Crippen LogP contribution in [-0.4, -0.2) is 59.0 Å². The maximum atomic E-state index is 12.8. The second-order valence-electron chi connectivity index (χ2n) is 7.52. The average molecular weight is 373 g/mol. The van der Waals surface area contributed by atoms with Crippen molar-refractivity contribution in [1.82, 2.24) is 9.80 Å². The van der Waals surface area contributed by atoms with E-state index in [2.05, 4.69) is 5.32 Å². The fourth-order valence-electron chi connectivity index (χ4n) is 3.89. The van der Waals surface area contributed by atoms with Gasteiger partial charge in [-0.1, -0.05) is 12.1 Å². The van der Waals surface area contributed by atoms with Crippen molar-refractivity contribution in [3.63, 3.8) is 0 Å². The Balaban J connectivity index is 1.55. The SMILES string of the molecule is Cc1cccc(NC(=O)N2CCCC(C(=O)N3CCC(C(=O)O)CC3)C2)c1. The molecule has 27 heavy (non-hydrogen) atoms. The number of carbonyl (C=O) groups excluding carboxylic acids is 2. The van der Waals surface area contributed by atoms with Gasteiger partial charge >= 0.3 is 12.0 Å². The molecule has 2 heterocycles. The predicted octanol–water partition coefficient (Wildman–Crippen LogP) is 2.56. The van der Waals surface area contributed by atoms with E-state index >= 15 is 0 Å². The molecule has 2 N–H and O–H groups in total. The fourth-order valence-corrected chi connectivity index (χ4v) is 3.89. The van der Waals surface area contributed by atoms with E-state index < -0.39 is 5.97 Å². The molecule has 7 nitrogen and oxygen atoms in total. The molecule has 0 saturated carbocycles. The Kier molecular flexibility index (Phi) is 5.98. The van der Waals surface area contributed by atoms with Crippen LogP contribution in [0.2, 0.25) is 0 Å². The van der Waals surface area contributed by atoms with Crippen molar-refractivity contribution in [1.29, 1.82) is 0 Å². The summed E-state index contributed by atoms with van der Waals surface area (Å²) in [6, 6.07) is 7.46. The second kappa shape index (κ2) is 8.41. The Morgan fingerprint density at radius 3 is 2.44 bits per heavy atom. The molecule has 7 heteroatoms. The van der Waals surface area contributed by atoms with Crippen LogP contribution in [0.4, 0.5) is 10.5 Å². The first-order valence-corrected chi connectivity index (χ1v) is 9.58. The number of urea groups is 1. The van der Waals surface area contributed by atoms with E-state index in [9.17, 15) is 14.4 Å². The number of carboxylic acids is 1. The molecule has 0 bridgehead atoms. The summed E-state index contributed by atoms with van der Waals surface area (Å²) in [6.07, 6.45) is 2.58. The van der Waals surface area contributed by atoms with E-state index in [0.717, 1.165) is 24.1 Å². The lowest BCUT2D eigenvalue weighted by molar-refractivity contribution is -0.147. The molecule has 0 aromatic heterocycles. The quantitative estimate of drug-likeness (QED) is 0.852. The number of aryl methyl sites for hydroxylation is 1. The summed E-state index contributed by atoms with van der Waals surface area (Å²) < 4.78 is 0. The van der Waals surface area contributed by atoms with Crippen LogP contribution in [0.5, 0.6) is 0 Å². The monoisotopic (exact) mass is 373 g/mol. The van der Waals surface area contributed by atoms with Crippen molar-refractivity contribution in [3.8, 4) is 0 Å². The van der Waals surface area contributed by atoms with Crippen LogP contribution in [0.1, 0.15) is 31.2 Å². The summed E-state index contributed by atoms with van der Waals surface area (Å²) in [4.78, 5) is 39.9. The molecule has 2 saturated heterocycles. The smallest absolute Gasteiger partial charge is 0.321 e. The zero-order chi connectivity index (χ0) is 19.4. The van der Waals surface area contributed by atoms with Gasteiger partial charge in [-0.3, -0.25) is 9.59 Å². The number of hydrogen-bond acceptors (Lipinski definition) is 3. The minimum absolute atomic E-state index is 0.0481. The number of aliphatic carboxylic acids is 1. The lowest BCUT2D eigenvalue weighted by Gasteiger charge is -2.37. The van der Waals surface area contributed by atoms with Gasteiger partial charge in [0.15, 0.2) is 0 Å². The number of benzene rings is 1. The highest BCUT2D eigenvalue weighted by molar-refractivity contribution is 5.90. The van der Waals surface area contributed by atoms with Crippen LogP contribution >= 0.6 is 0 Å². The molecule has 1 aromatic carbocycles. The molecule has 3 rings (SSSR count). The van der Waals surface area contributed by atoms with Crippen molar-refractivity contribution >= 4 is 23.6 Å². The highest BCUT2D eigenvalue weighted by atomic mass is 16.4. The number of nitrogens with zero attached hydrogens (tertiary/aromatic N) is 2. The molecule has 2 aliphatic heterocycles. The maximum absolute atomic E-state index is 12.8. The fraction of sp³-hybridized carbons (Fsp3) is 0.550. The standard InChI is InChI=1S/C20H27N3O4/c1-14-4-2-6-17(12-14)21-20(27)23-9-3-5-16(13-23)18(24)22-10-7-15(8-11-22)19(25)26/h2,4,6,12,15-16H,3,5,7-11,13H2,1H3,(H,21,27)(H,25,26). The Morgan fingerprint density at radius 1 is 1.04 bits per heavy atom. The van der Waals surface area contributed by atoms with Crippen LogP contribution < -0.4 is 5.32 Å². The first-order valence-electron chi connectivity index (χ1n) is 9.58. The number of rotatable bonds is 3. The Morgan fingerprint density at radius 2 is 1.78 bits per heavy atom. The number of carbonyl (C=O) groups is 3. The summed E-state index contributed by atoms with van der Waals surface area (Å²) in [7, 11) is 0. The Labute approximate surface area is 159 Å².